The summed E-state index contributed by atoms with van der Waals surface area (Å²) in [6.07, 6.45) is 0. The zero-order chi connectivity index (χ0) is 13.3. The Morgan fingerprint density at radius 2 is 1.74 bits per heavy atom. The monoisotopic (exact) mass is 267 g/mol. The number of hydrogen-bond donors (Lipinski definition) is 1. The van der Waals surface area contributed by atoms with E-state index in [0.29, 0.717) is 0 Å². The number of benzene rings is 2. The first-order valence-corrected chi connectivity index (χ1v) is 7.27. The van der Waals surface area contributed by atoms with E-state index in [2.05, 4.69) is 41.4 Å². The molecule has 0 bridgehead atoms. The Morgan fingerprint density at radius 3 is 2.42 bits per heavy atom. The molecule has 1 N–H and O–H groups in total. The van der Waals surface area contributed by atoms with Crippen molar-refractivity contribution in [2.24, 2.45) is 0 Å². The van der Waals surface area contributed by atoms with Gasteiger partial charge < -0.3 is 5.32 Å². The molecule has 0 unspecified atom stereocenters. The molecule has 0 aliphatic rings. The molecule has 2 rings (SSSR count). The predicted molar refractivity (Wildman–Crippen MR) is 83.2 cm³/mol. The fourth-order valence-electron chi connectivity index (χ4n) is 1.69. The average Bonchev–Trinajstić information content (AvgIpc) is 2.47. The smallest absolute Gasteiger partial charge is 0.0598 e. The lowest BCUT2D eigenvalue weighted by Crippen LogP contribution is -2.04. The molecule has 0 amide bonds. The van der Waals surface area contributed by atoms with Crippen molar-refractivity contribution < 1.29 is 0 Å². The second-order valence-corrected chi connectivity index (χ2v) is 5.18. The molecule has 1 nitrogen and oxygen atoms in total. The molecule has 0 saturated carbocycles. The Balaban J connectivity index is 1.84. The lowest BCUT2D eigenvalue weighted by Gasteiger charge is -2.01. The molecule has 0 aromatic heterocycles. The van der Waals surface area contributed by atoms with Gasteiger partial charge in [-0.3, -0.25) is 0 Å². The lowest BCUT2D eigenvalue weighted by molar-refractivity contribution is 0.817. The molecule has 0 aliphatic heterocycles. The van der Waals surface area contributed by atoms with E-state index in [-0.39, 0.29) is 0 Å². The van der Waals surface area contributed by atoms with E-state index in [1.165, 1.54) is 10.5 Å². The summed E-state index contributed by atoms with van der Waals surface area (Å²) in [7, 11) is 1.96. The van der Waals surface area contributed by atoms with E-state index < -0.39 is 0 Å². The van der Waals surface area contributed by atoms with Crippen LogP contribution in [-0.2, 0) is 6.54 Å². The van der Waals surface area contributed by atoms with Crippen LogP contribution in [0.5, 0.6) is 0 Å². The number of hydrogen-bond acceptors (Lipinski definition) is 2. The van der Waals surface area contributed by atoms with Crippen LogP contribution < -0.4 is 5.32 Å². The zero-order valence-electron chi connectivity index (χ0n) is 11.0. The fourth-order valence-corrected chi connectivity index (χ4v) is 2.33. The molecule has 0 atom stereocenters. The Hall–Kier alpha value is -1.69. The third kappa shape index (κ3) is 4.82. The van der Waals surface area contributed by atoms with Gasteiger partial charge in [0, 0.05) is 17.0 Å². The summed E-state index contributed by atoms with van der Waals surface area (Å²) in [5, 5.41) is 3.14. The van der Waals surface area contributed by atoms with Crippen LogP contribution in [0.1, 0.15) is 11.1 Å². The van der Waals surface area contributed by atoms with Crippen LogP contribution >= 0.6 is 11.8 Å². The Kier molecular flexibility index (Phi) is 5.55. The minimum atomic E-state index is 0.820. The van der Waals surface area contributed by atoms with Crippen LogP contribution in [0.25, 0.3) is 0 Å². The highest BCUT2D eigenvalue weighted by atomic mass is 32.2. The van der Waals surface area contributed by atoms with Gasteiger partial charge in [-0.2, -0.15) is 0 Å². The number of nitrogens with one attached hydrogen (secondary N) is 1. The van der Waals surface area contributed by atoms with Gasteiger partial charge >= 0.3 is 0 Å². The first-order chi connectivity index (χ1) is 9.38. The van der Waals surface area contributed by atoms with Gasteiger partial charge in [0.1, 0.15) is 0 Å². The average molecular weight is 267 g/mol. The zero-order valence-corrected chi connectivity index (χ0v) is 11.8. The lowest BCUT2D eigenvalue weighted by atomic mass is 10.2. The van der Waals surface area contributed by atoms with Gasteiger partial charge in [-0.15, -0.1) is 11.8 Å². The maximum absolute atomic E-state index is 3.19. The molecule has 0 saturated heterocycles. The first-order valence-electron chi connectivity index (χ1n) is 6.29. The van der Waals surface area contributed by atoms with Gasteiger partial charge in [-0.25, -0.2) is 0 Å². The quantitative estimate of drug-likeness (QED) is 0.671. The molecule has 0 heterocycles. The van der Waals surface area contributed by atoms with E-state index >= 15 is 0 Å². The van der Waals surface area contributed by atoms with Crippen molar-refractivity contribution in [1.82, 2.24) is 5.32 Å². The van der Waals surface area contributed by atoms with Crippen molar-refractivity contribution in [3.8, 4) is 11.8 Å². The SMILES string of the molecule is CNCc1ccc(SCC#Cc2ccccc2)cc1. The fraction of sp³-hybridized carbons (Fsp3) is 0.176. The number of thioether (sulfide) groups is 1. The Bertz CT molecular complexity index is 549. The molecular weight excluding hydrogens is 250 g/mol. The second-order valence-electron chi connectivity index (χ2n) is 4.13. The topological polar surface area (TPSA) is 12.0 Å². The van der Waals surface area contributed by atoms with Crippen molar-refractivity contribution in [1.29, 1.82) is 0 Å². The summed E-state index contributed by atoms with van der Waals surface area (Å²) < 4.78 is 0. The minimum Gasteiger partial charge on any atom is -0.316 e. The van der Waals surface area contributed by atoms with E-state index in [0.717, 1.165) is 17.9 Å². The molecule has 2 heteroatoms. The summed E-state index contributed by atoms with van der Waals surface area (Å²) in [4.78, 5) is 1.27. The molecule has 2 aromatic rings. The normalized spacial score (nSPS) is 9.74. The Morgan fingerprint density at radius 1 is 1.00 bits per heavy atom. The van der Waals surface area contributed by atoms with E-state index in [1.807, 2.05) is 37.4 Å². The van der Waals surface area contributed by atoms with Crippen molar-refractivity contribution in [2.75, 3.05) is 12.8 Å². The summed E-state index contributed by atoms with van der Waals surface area (Å²) in [5.41, 5.74) is 2.38. The van der Waals surface area contributed by atoms with Gasteiger partial charge in [0.15, 0.2) is 0 Å². The molecule has 0 radical (unpaired) electrons. The molecule has 0 fully saturated rings. The summed E-state index contributed by atoms with van der Waals surface area (Å²) in [6, 6.07) is 18.7. The van der Waals surface area contributed by atoms with Crippen molar-refractivity contribution in [3.05, 3.63) is 65.7 Å². The van der Waals surface area contributed by atoms with E-state index in [1.54, 1.807) is 11.8 Å². The highest BCUT2D eigenvalue weighted by Crippen LogP contribution is 2.17. The van der Waals surface area contributed by atoms with Gasteiger partial charge in [0.2, 0.25) is 0 Å². The van der Waals surface area contributed by atoms with E-state index in [9.17, 15) is 0 Å². The highest BCUT2D eigenvalue weighted by Gasteiger charge is 1.93. The standard InChI is InChI=1S/C17H17NS/c1-18-14-16-9-11-17(12-10-16)19-13-5-8-15-6-3-2-4-7-15/h2-4,6-7,9-12,18H,13-14H2,1H3. The molecule has 0 aliphatic carbocycles. The summed E-state index contributed by atoms with van der Waals surface area (Å²) in [5.74, 6) is 7.18. The van der Waals surface area contributed by atoms with Crippen molar-refractivity contribution in [2.45, 2.75) is 11.4 Å². The van der Waals surface area contributed by atoms with Crippen LogP contribution in [0.3, 0.4) is 0 Å². The summed E-state index contributed by atoms with van der Waals surface area (Å²) >= 11 is 1.77. The van der Waals surface area contributed by atoms with Crippen LogP contribution in [0, 0.1) is 11.8 Å². The van der Waals surface area contributed by atoms with Crippen LogP contribution in [0.4, 0.5) is 0 Å². The van der Waals surface area contributed by atoms with Crippen LogP contribution in [-0.4, -0.2) is 12.8 Å². The first kappa shape index (κ1) is 13.7. The third-order valence-corrected chi connectivity index (χ3v) is 3.52. The molecule has 0 spiro atoms. The largest absolute Gasteiger partial charge is 0.316 e. The maximum atomic E-state index is 3.19. The molecule has 96 valence electrons. The molecule has 2 aromatic carbocycles. The van der Waals surface area contributed by atoms with Gasteiger partial charge in [-0.05, 0) is 36.9 Å². The van der Waals surface area contributed by atoms with Crippen molar-refractivity contribution >= 4 is 11.8 Å². The molecular formula is C17H17NS. The third-order valence-electron chi connectivity index (χ3n) is 2.62. The summed E-state index contributed by atoms with van der Waals surface area (Å²) in [6.45, 7) is 0.915. The highest BCUT2D eigenvalue weighted by molar-refractivity contribution is 7.99. The van der Waals surface area contributed by atoms with Crippen LogP contribution in [0.2, 0.25) is 0 Å². The number of rotatable bonds is 4. The maximum Gasteiger partial charge on any atom is 0.0598 e. The Labute approximate surface area is 119 Å². The van der Waals surface area contributed by atoms with Gasteiger partial charge in [0.05, 0.1) is 5.75 Å². The van der Waals surface area contributed by atoms with E-state index in [4.69, 9.17) is 0 Å². The minimum absolute atomic E-state index is 0.820. The second kappa shape index (κ2) is 7.68. The predicted octanol–water partition coefficient (Wildman–Crippen LogP) is 3.55. The van der Waals surface area contributed by atoms with Gasteiger partial charge in [-0.1, -0.05) is 42.2 Å². The van der Waals surface area contributed by atoms with Gasteiger partial charge in [0.25, 0.3) is 0 Å². The molecule has 19 heavy (non-hydrogen) atoms. The van der Waals surface area contributed by atoms with Crippen molar-refractivity contribution in [3.63, 3.8) is 0 Å². The van der Waals surface area contributed by atoms with Crippen LogP contribution in [0.15, 0.2) is 59.5 Å².